The van der Waals surface area contributed by atoms with Crippen molar-refractivity contribution in [2.24, 2.45) is 0 Å². The highest BCUT2D eigenvalue weighted by molar-refractivity contribution is 8.01. The van der Waals surface area contributed by atoms with E-state index >= 15 is 0 Å². The number of benzene rings is 1. The second kappa shape index (κ2) is 9.59. The van der Waals surface area contributed by atoms with Gasteiger partial charge >= 0.3 is 5.97 Å². The van der Waals surface area contributed by atoms with Crippen molar-refractivity contribution >= 4 is 23.5 Å². The Kier molecular flexibility index (Phi) is 7.18. The topological polar surface area (TPSA) is 54.4 Å². The number of rotatable bonds is 7. The van der Waals surface area contributed by atoms with Gasteiger partial charge in [-0.05, 0) is 37.2 Å². The van der Waals surface area contributed by atoms with Gasteiger partial charge in [0.05, 0.1) is 0 Å². The number of aliphatic carboxylic acids is 1. The SMILES string of the molecule is O=C(C[C@@H](SC1CCCCC1)C(=O)O)c1ccc(C2CCCCC2)cc1. The Balaban J connectivity index is 1.58. The van der Waals surface area contributed by atoms with Crippen molar-refractivity contribution in [2.45, 2.75) is 87.0 Å². The maximum atomic E-state index is 12.6. The molecule has 142 valence electrons. The Hall–Kier alpha value is -1.29. The Bertz CT molecular complexity index is 598. The number of carbonyl (C=O) groups is 2. The number of Topliss-reactive ketones (excluding diaryl/α,β-unsaturated/α-hetero) is 1. The Morgan fingerprint density at radius 1 is 0.923 bits per heavy atom. The van der Waals surface area contributed by atoms with Gasteiger partial charge in [-0.25, -0.2) is 0 Å². The minimum absolute atomic E-state index is 0.0455. The van der Waals surface area contributed by atoms with Crippen molar-refractivity contribution in [3.63, 3.8) is 0 Å². The quantitative estimate of drug-likeness (QED) is 0.610. The average molecular weight is 375 g/mol. The molecule has 1 N–H and O–H groups in total. The molecule has 1 aromatic rings. The monoisotopic (exact) mass is 374 g/mol. The number of carbonyl (C=O) groups excluding carboxylic acids is 1. The molecule has 0 heterocycles. The Morgan fingerprint density at radius 3 is 2.08 bits per heavy atom. The maximum absolute atomic E-state index is 12.6. The molecule has 2 aliphatic carbocycles. The van der Waals surface area contributed by atoms with Gasteiger partial charge in [0, 0.05) is 17.2 Å². The van der Waals surface area contributed by atoms with Crippen LogP contribution >= 0.6 is 11.8 Å². The summed E-state index contributed by atoms with van der Waals surface area (Å²) in [5, 5.41) is 9.31. The van der Waals surface area contributed by atoms with Gasteiger partial charge in [-0.3, -0.25) is 9.59 Å². The molecule has 0 aliphatic heterocycles. The molecule has 4 heteroatoms. The van der Waals surface area contributed by atoms with Crippen molar-refractivity contribution in [1.82, 2.24) is 0 Å². The molecule has 0 bridgehead atoms. The molecule has 0 aromatic heterocycles. The summed E-state index contributed by atoms with van der Waals surface area (Å²) in [4.78, 5) is 24.2. The van der Waals surface area contributed by atoms with E-state index in [9.17, 15) is 14.7 Å². The van der Waals surface area contributed by atoms with Gasteiger partial charge < -0.3 is 5.11 Å². The minimum Gasteiger partial charge on any atom is -0.480 e. The van der Waals surface area contributed by atoms with Crippen LogP contribution in [0.3, 0.4) is 0 Å². The molecule has 26 heavy (non-hydrogen) atoms. The lowest BCUT2D eigenvalue weighted by molar-refractivity contribution is -0.136. The molecule has 2 aliphatic rings. The fourth-order valence-electron chi connectivity index (χ4n) is 4.29. The smallest absolute Gasteiger partial charge is 0.317 e. The third kappa shape index (κ3) is 5.35. The zero-order valence-corrected chi connectivity index (χ0v) is 16.3. The Labute approximate surface area is 160 Å². The van der Waals surface area contributed by atoms with Gasteiger partial charge in [0.25, 0.3) is 0 Å². The molecular formula is C22H30O3S. The van der Waals surface area contributed by atoms with Crippen molar-refractivity contribution in [1.29, 1.82) is 0 Å². The zero-order valence-electron chi connectivity index (χ0n) is 15.5. The number of carboxylic acids is 1. The second-order valence-electron chi connectivity index (χ2n) is 7.81. The molecule has 0 unspecified atom stereocenters. The maximum Gasteiger partial charge on any atom is 0.317 e. The van der Waals surface area contributed by atoms with Crippen LogP contribution in [0.1, 0.15) is 92.5 Å². The molecule has 2 saturated carbocycles. The van der Waals surface area contributed by atoms with Gasteiger partial charge in [-0.2, -0.15) is 0 Å². The fourth-order valence-corrected chi connectivity index (χ4v) is 5.72. The molecule has 0 amide bonds. The third-order valence-corrected chi connectivity index (χ3v) is 7.42. The number of thioether (sulfide) groups is 1. The number of ketones is 1. The molecule has 1 atom stereocenters. The highest BCUT2D eigenvalue weighted by Crippen LogP contribution is 2.34. The summed E-state index contributed by atoms with van der Waals surface area (Å²) in [5.41, 5.74) is 1.98. The van der Waals surface area contributed by atoms with Crippen LogP contribution in [0.4, 0.5) is 0 Å². The normalized spacial score (nSPS) is 20.6. The summed E-state index contributed by atoms with van der Waals surface area (Å²) in [6.07, 6.45) is 12.3. The number of hydrogen-bond donors (Lipinski definition) is 1. The average Bonchev–Trinajstić information content (AvgIpc) is 2.69. The first-order valence-corrected chi connectivity index (χ1v) is 11.1. The fraction of sp³-hybridized carbons (Fsp3) is 0.636. The first-order chi connectivity index (χ1) is 12.6. The lowest BCUT2D eigenvalue weighted by Crippen LogP contribution is -2.24. The van der Waals surface area contributed by atoms with Crippen LogP contribution in [-0.2, 0) is 4.79 Å². The highest BCUT2D eigenvalue weighted by Gasteiger charge is 2.27. The summed E-state index contributed by atoms with van der Waals surface area (Å²) < 4.78 is 0. The predicted octanol–water partition coefficient (Wildman–Crippen LogP) is 5.83. The van der Waals surface area contributed by atoms with E-state index in [1.807, 2.05) is 12.1 Å². The lowest BCUT2D eigenvalue weighted by Gasteiger charge is -2.24. The molecule has 0 spiro atoms. The molecule has 0 radical (unpaired) electrons. The Morgan fingerprint density at radius 2 is 1.50 bits per heavy atom. The van der Waals surface area contributed by atoms with Crippen LogP contribution in [0.15, 0.2) is 24.3 Å². The summed E-state index contributed by atoms with van der Waals surface area (Å²) >= 11 is 1.50. The van der Waals surface area contributed by atoms with Crippen LogP contribution in [0.2, 0.25) is 0 Å². The van der Waals surface area contributed by atoms with Gasteiger partial charge in [0.15, 0.2) is 5.78 Å². The van der Waals surface area contributed by atoms with Crippen LogP contribution in [0.5, 0.6) is 0 Å². The predicted molar refractivity (Wildman–Crippen MR) is 107 cm³/mol. The van der Waals surface area contributed by atoms with E-state index in [-0.39, 0.29) is 12.2 Å². The molecule has 3 rings (SSSR count). The molecule has 0 saturated heterocycles. The van der Waals surface area contributed by atoms with Crippen molar-refractivity contribution in [3.05, 3.63) is 35.4 Å². The van der Waals surface area contributed by atoms with Gasteiger partial charge in [-0.1, -0.05) is 62.8 Å². The third-order valence-electron chi connectivity index (χ3n) is 5.86. The first kappa shape index (κ1) is 19.5. The van der Waals surface area contributed by atoms with Gasteiger partial charge in [0.1, 0.15) is 5.25 Å². The van der Waals surface area contributed by atoms with Crippen molar-refractivity contribution < 1.29 is 14.7 Å². The van der Waals surface area contributed by atoms with Crippen LogP contribution < -0.4 is 0 Å². The zero-order chi connectivity index (χ0) is 18.4. The molecule has 1 aromatic carbocycles. The van der Waals surface area contributed by atoms with Crippen LogP contribution in [-0.4, -0.2) is 27.4 Å². The summed E-state index contributed by atoms with van der Waals surface area (Å²) in [5.74, 6) is -0.273. The first-order valence-electron chi connectivity index (χ1n) is 10.1. The molecule has 3 nitrogen and oxygen atoms in total. The second-order valence-corrected chi connectivity index (χ2v) is 9.32. The lowest BCUT2D eigenvalue weighted by atomic mass is 9.84. The van der Waals surface area contributed by atoms with Crippen molar-refractivity contribution in [3.8, 4) is 0 Å². The van der Waals surface area contributed by atoms with Crippen LogP contribution in [0, 0.1) is 0 Å². The van der Waals surface area contributed by atoms with E-state index in [4.69, 9.17) is 0 Å². The number of hydrogen-bond acceptors (Lipinski definition) is 3. The van der Waals surface area contributed by atoms with E-state index in [1.54, 1.807) is 0 Å². The van der Waals surface area contributed by atoms with E-state index < -0.39 is 11.2 Å². The van der Waals surface area contributed by atoms with Gasteiger partial charge in [0.2, 0.25) is 0 Å². The minimum atomic E-state index is -0.854. The van der Waals surface area contributed by atoms with Crippen molar-refractivity contribution in [2.75, 3.05) is 0 Å². The summed E-state index contributed by atoms with van der Waals surface area (Å²) in [6, 6.07) is 7.95. The van der Waals surface area contributed by atoms with E-state index in [0.29, 0.717) is 16.7 Å². The highest BCUT2D eigenvalue weighted by atomic mass is 32.2. The molecular weight excluding hydrogens is 344 g/mol. The van der Waals surface area contributed by atoms with E-state index in [2.05, 4.69) is 12.1 Å². The number of carboxylic acid groups (broad SMARTS) is 1. The summed E-state index contributed by atoms with van der Waals surface area (Å²) in [6.45, 7) is 0. The van der Waals surface area contributed by atoms with E-state index in [1.165, 1.54) is 68.7 Å². The largest absolute Gasteiger partial charge is 0.480 e. The van der Waals surface area contributed by atoms with Gasteiger partial charge in [-0.15, -0.1) is 11.8 Å². The summed E-state index contributed by atoms with van der Waals surface area (Å²) in [7, 11) is 0. The molecule has 2 fully saturated rings. The van der Waals surface area contributed by atoms with Crippen LogP contribution in [0.25, 0.3) is 0 Å². The van der Waals surface area contributed by atoms with E-state index in [0.717, 1.165) is 12.8 Å². The standard InChI is InChI=1S/C22H30O3S/c23-20(15-21(22(24)25)26-19-9-5-2-6-10-19)18-13-11-17(12-14-18)16-7-3-1-4-8-16/h11-14,16,19,21H,1-10,15H2,(H,24,25)/t21-/m1/s1.